The van der Waals surface area contributed by atoms with Crippen LogP contribution in [0.4, 0.5) is 0 Å². The van der Waals surface area contributed by atoms with E-state index in [1.165, 1.54) is 50.5 Å². The Bertz CT molecular complexity index is 322. The number of hydrogen-bond acceptors (Lipinski definition) is 0. The smallest absolute Gasteiger partial charge is 0.0406 e. The second kappa shape index (κ2) is 5.23. The van der Waals surface area contributed by atoms with Crippen LogP contribution >= 0.6 is 11.6 Å². The summed E-state index contributed by atoms with van der Waals surface area (Å²) in [5.41, 5.74) is 2.01. The zero-order chi connectivity index (χ0) is 11.4. The molecule has 0 saturated heterocycles. The first kappa shape index (κ1) is 12.0. The van der Waals surface area contributed by atoms with Gasteiger partial charge in [0.05, 0.1) is 0 Å². The maximum atomic E-state index is 5.95. The Morgan fingerprint density at radius 1 is 1.12 bits per heavy atom. The maximum Gasteiger partial charge on any atom is 0.0406 e. The third-order valence-electron chi connectivity index (χ3n) is 4.03. The molecule has 1 saturated carbocycles. The highest BCUT2D eigenvalue weighted by molar-refractivity contribution is 6.30. The van der Waals surface area contributed by atoms with Gasteiger partial charge in [0, 0.05) is 5.02 Å². The fourth-order valence-electron chi connectivity index (χ4n) is 2.80. The summed E-state index contributed by atoms with van der Waals surface area (Å²) in [5, 5.41) is 0.854. The molecule has 0 radical (unpaired) electrons. The van der Waals surface area contributed by atoms with Crippen LogP contribution in [-0.2, 0) is 5.41 Å². The van der Waals surface area contributed by atoms with Crippen LogP contribution in [0.25, 0.3) is 0 Å². The lowest BCUT2D eigenvalue weighted by Gasteiger charge is -2.43. The van der Waals surface area contributed by atoms with Crippen molar-refractivity contribution in [2.24, 2.45) is 0 Å². The highest BCUT2D eigenvalue weighted by Crippen LogP contribution is 2.47. The summed E-state index contributed by atoms with van der Waals surface area (Å²) in [6, 6.07) is 8.54. The van der Waals surface area contributed by atoms with E-state index < -0.39 is 0 Å². The molecular weight excluding hydrogens is 216 g/mol. The highest BCUT2D eigenvalue weighted by atomic mass is 35.5. The van der Waals surface area contributed by atoms with Crippen molar-refractivity contribution >= 4 is 11.6 Å². The lowest BCUT2D eigenvalue weighted by molar-refractivity contribution is 0.219. The number of hydrogen-bond donors (Lipinski definition) is 0. The molecule has 1 aliphatic carbocycles. The predicted octanol–water partition coefficient (Wildman–Crippen LogP) is 5.34. The van der Waals surface area contributed by atoms with Gasteiger partial charge in [-0.2, -0.15) is 0 Å². The normalized spacial score (nSPS) is 18.1. The molecule has 0 unspecified atom stereocenters. The van der Waals surface area contributed by atoms with E-state index in [-0.39, 0.29) is 0 Å². The number of benzene rings is 1. The molecule has 0 bridgehead atoms. The van der Waals surface area contributed by atoms with Gasteiger partial charge in [-0.3, -0.25) is 0 Å². The molecule has 0 spiro atoms. The van der Waals surface area contributed by atoms with E-state index in [1.807, 2.05) is 12.1 Å². The van der Waals surface area contributed by atoms with E-state index >= 15 is 0 Å². The molecule has 2 rings (SSSR count). The van der Waals surface area contributed by atoms with Crippen molar-refractivity contribution in [3.63, 3.8) is 0 Å². The van der Waals surface area contributed by atoms with Gasteiger partial charge in [0.2, 0.25) is 0 Å². The van der Waals surface area contributed by atoms with Gasteiger partial charge in [-0.1, -0.05) is 56.3 Å². The summed E-state index contributed by atoms with van der Waals surface area (Å²) >= 11 is 5.95. The molecule has 1 aromatic rings. The van der Waals surface area contributed by atoms with Crippen molar-refractivity contribution < 1.29 is 0 Å². The number of rotatable bonds is 5. The summed E-state index contributed by atoms with van der Waals surface area (Å²) < 4.78 is 0. The monoisotopic (exact) mass is 236 g/mol. The lowest BCUT2D eigenvalue weighted by atomic mass is 9.62. The second-order valence-corrected chi connectivity index (χ2v) is 5.53. The van der Waals surface area contributed by atoms with Crippen molar-refractivity contribution in [1.82, 2.24) is 0 Å². The van der Waals surface area contributed by atoms with E-state index in [0.717, 1.165) is 5.02 Å². The van der Waals surface area contributed by atoms with Crippen molar-refractivity contribution in [3.8, 4) is 0 Å². The molecule has 1 aliphatic rings. The van der Waals surface area contributed by atoms with E-state index in [4.69, 9.17) is 11.6 Å². The third-order valence-corrected chi connectivity index (χ3v) is 4.28. The van der Waals surface area contributed by atoms with Gasteiger partial charge < -0.3 is 0 Å². The van der Waals surface area contributed by atoms with E-state index in [1.54, 1.807) is 0 Å². The molecule has 0 amide bonds. The summed E-state index contributed by atoms with van der Waals surface area (Å²) in [4.78, 5) is 0. The van der Waals surface area contributed by atoms with Gasteiger partial charge in [-0.25, -0.2) is 0 Å². The van der Waals surface area contributed by atoms with E-state index in [0.29, 0.717) is 5.41 Å². The fourth-order valence-corrected chi connectivity index (χ4v) is 2.93. The minimum absolute atomic E-state index is 0.500. The maximum absolute atomic E-state index is 5.95. The largest absolute Gasteiger partial charge is 0.0843 e. The first-order chi connectivity index (χ1) is 7.77. The third kappa shape index (κ3) is 2.43. The van der Waals surface area contributed by atoms with Gasteiger partial charge in [0.15, 0.2) is 0 Å². The molecular formula is C15H21Cl. The van der Waals surface area contributed by atoms with E-state index in [2.05, 4.69) is 19.1 Å². The molecule has 16 heavy (non-hydrogen) atoms. The lowest BCUT2D eigenvalue weighted by Crippen LogP contribution is -2.34. The minimum atomic E-state index is 0.500. The molecule has 0 aromatic heterocycles. The number of halogens is 1. The second-order valence-electron chi connectivity index (χ2n) is 5.10. The summed E-state index contributed by atoms with van der Waals surface area (Å²) in [6.07, 6.45) is 9.57. The average molecular weight is 237 g/mol. The van der Waals surface area contributed by atoms with Crippen LogP contribution in [0, 0.1) is 0 Å². The topological polar surface area (TPSA) is 0 Å². The molecule has 1 heteroatoms. The Balaban J connectivity index is 2.05. The molecule has 88 valence electrons. The fraction of sp³-hybridized carbons (Fsp3) is 0.600. The standard InChI is InChI=1S/C15H21Cl/c1-2-3-4-10-15(11-5-12-15)13-6-8-14(16)9-7-13/h6-9H,2-5,10-12H2,1H3. The molecule has 0 N–H and O–H groups in total. The summed E-state index contributed by atoms with van der Waals surface area (Å²) in [6.45, 7) is 2.27. The molecule has 0 aliphatic heterocycles. The quantitative estimate of drug-likeness (QED) is 0.606. The van der Waals surface area contributed by atoms with Crippen LogP contribution in [0.2, 0.25) is 5.02 Å². The predicted molar refractivity (Wildman–Crippen MR) is 71.1 cm³/mol. The van der Waals surface area contributed by atoms with Gasteiger partial charge in [-0.05, 0) is 42.4 Å². The zero-order valence-corrected chi connectivity index (χ0v) is 10.9. The molecule has 0 heterocycles. The van der Waals surface area contributed by atoms with Crippen LogP contribution in [0.1, 0.15) is 57.4 Å². The first-order valence-electron chi connectivity index (χ1n) is 6.53. The SMILES string of the molecule is CCCCCC1(c2ccc(Cl)cc2)CCC1. The molecule has 1 fully saturated rings. The minimum Gasteiger partial charge on any atom is -0.0843 e. The molecule has 0 atom stereocenters. The summed E-state index contributed by atoms with van der Waals surface area (Å²) in [5.74, 6) is 0. The van der Waals surface area contributed by atoms with Crippen molar-refractivity contribution in [1.29, 1.82) is 0 Å². The zero-order valence-electron chi connectivity index (χ0n) is 10.1. The Morgan fingerprint density at radius 2 is 1.81 bits per heavy atom. The van der Waals surface area contributed by atoms with Gasteiger partial charge in [0.1, 0.15) is 0 Å². The van der Waals surface area contributed by atoms with Gasteiger partial charge in [0.25, 0.3) is 0 Å². The number of unbranched alkanes of at least 4 members (excludes halogenated alkanes) is 2. The summed E-state index contributed by atoms with van der Waals surface area (Å²) in [7, 11) is 0. The van der Waals surface area contributed by atoms with Crippen molar-refractivity contribution in [2.75, 3.05) is 0 Å². The first-order valence-corrected chi connectivity index (χ1v) is 6.91. The Kier molecular flexibility index (Phi) is 3.91. The van der Waals surface area contributed by atoms with Gasteiger partial charge >= 0.3 is 0 Å². The van der Waals surface area contributed by atoms with E-state index in [9.17, 15) is 0 Å². The Hall–Kier alpha value is -0.490. The van der Waals surface area contributed by atoms with Crippen molar-refractivity contribution in [3.05, 3.63) is 34.9 Å². The molecule has 0 nitrogen and oxygen atoms in total. The van der Waals surface area contributed by atoms with Crippen LogP contribution < -0.4 is 0 Å². The van der Waals surface area contributed by atoms with Crippen LogP contribution in [0.5, 0.6) is 0 Å². The van der Waals surface area contributed by atoms with Crippen LogP contribution in [-0.4, -0.2) is 0 Å². The van der Waals surface area contributed by atoms with Crippen molar-refractivity contribution in [2.45, 2.75) is 57.3 Å². The Morgan fingerprint density at radius 3 is 2.31 bits per heavy atom. The van der Waals surface area contributed by atoms with Crippen LogP contribution in [0.15, 0.2) is 24.3 Å². The highest BCUT2D eigenvalue weighted by Gasteiger charge is 2.37. The average Bonchev–Trinajstić information content (AvgIpc) is 2.24. The Labute approximate surface area is 104 Å². The van der Waals surface area contributed by atoms with Crippen LogP contribution in [0.3, 0.4) is 0 Å². The molecule has 1 aromatic carbocycles. The van der Waals surface area contributed by atoms with Gasteiger partial charge in [-0.15, -0.1) is 0 Å².